The Hall–Kier alpha value is -3.43. The Morgan fingerprint density at radius 1 is 1.05 bits per heavy atom. The largest absolute Gasteiger partial charge is 0.461 e. The molecule has 3 aliphatic rings. The Labute approximate surface area is 231 Å². The van der Waals surface area contributed by atoms with Crippen molar-refractivity contribution in [2.45, 2.75) is 50.7 Å². The number of aliphatic hydroxyl groups excluding tert-OH is 1. The van der Waals surface area contributed by atoms with E-state index in [0.717, 1.165) is 38.8 Å². The molecule has 7 nitrogen and oxygen atoms in total. The summed E-state index contributed by atoms with van der Waals surface area (Å²) in [6.45, 7) is 5.72. The Kier molecular flexibility index (Phi) is 6.31. The highest BCUT2D eigenvalue weighted by Gasteiger charge is 2.45. The highest BCUT2D eigenvalue weighted by Crippen LogP contribution is 2.40. The van der Waals surface area contributed by atoms with Crippen LogP contribution in [0.5, 0.6) is 6.01 Å². The summed E-state index contributed by atoms with van der Waals surface area (Å²) >= 11 is 0. The second-order valence-electron chi connectivity index (χ2n) is 11.8. The van der Waals surface area contributed by atoms with E-state index in [9.17, 15) is 9.50 Å². The number of aromatic nitrogens is 3. The number of ether oxygens (including phenoxy) is 1. The zero-order valence-electron chi connectivity index (χ0n) is 22.6. The van der Waals surface area contributed by atoms with Crippen LogP contribution in [0.3, 0.4) is 0 Å². The molecule has 2 aromatic heterocycles. The Bertz CT molecular complexity index is 1570. The number of hydrogen-bond acceptors (Lipinski definition) is 7. The minimum atomic E-state index is -0.645. The molecule has 3 saturated heterocycles. The molecule has 0 bridgehead atoms. The van der Waals surface area contributed by atoms with Gasteiger partial charge in [0.2, 0.25) is 0 Å². The summed E-state index contributed by atoms with van der Waals surface area (Å²) in [7, 11) is 0. The summed E-state index contributed by atoms with van der Waals surface area (Å²) in [6, 6.07) is 10.2. The molecule has 1 N–H and O–H groups in total. The summed E-state index contributed by atoms with van der Waals surface area (Å²) in [5.41, 5.74) is 0.461. The Morgan fingerprint density at radius 2 is 1.82 bits per heavy atom. The predicted octanol–water partition coefficient (Wildman–Crippen LogP) is 5.34. The van der Waals surface area contributed by atoms with E-state index in [2.05, 4.69) is 21.8 Å². The second-order valence-corrected chi connectivity index (χ2v) is 11.8. The van der Waals surface area contributed by atoms with Crippen molar-refractivity contribution in [2.24, 2.45) is 5.92 Å². The number of piperidine rings is 1. The van der Waals surface area contributed by atoms with Crippen LogP contribution in [0.4, 0.5) is 14.6 Å². The van der Waals surface area contributed by atoms with Crippen LogP contribution in [-0.2, 0) is 0 Å². The molecule has 5 heterocycles. The first-order valence-corrected chi connectivity index (χ1v) is 14.3. The van der Waals surface area contributed by atoms with Gasteiger partial charge in [0.05, 0.1) is 17.0 Å². The van der Waals surface area contributed by atoms with Gasteiger partial charge < -0.3 is 14.7 Å². The highest BCUT2D eigenvalue weighted by atomic mass is 19.1. The van der Waals surface area contributed by atoms with Gasteiger partial charge in [-0.05, 0) is 62.6 Å². The normalized spacial score (nSPS) is 22.8. The van der Waals surface area contributed by atoms with Crippen LogP contribution in [0.1, 0.15) is 39.0 Å². The number of nitrogens with zero attached hydrogens (tertiary/aromatic N) is 5. The van der Waals surface area contributed by atoms with E-state index in [1.807, 2.05) is 4.90 Å². The number of fused-ring (bicyclic) bond motifs is 3. The van der Waals surface area contributed by atoms with Gasteiger partial charge in [0.15, 0.2) is 5.82 Å². The van der Waals surface area contributed by atoms with Crippen LogP contribution < -0.4 is 9.64 Å². The van der Waals surface area contributed by atoms with Crippen molar-refractivity contribution in [3.05, 3.63) is 54.2 Å². The predicted molar refractivity (Wildman–Crippen MR) is 150 cm³/mol. The molecule has 0 amide bonds. The summed E-state index contributed by atoms with van der Waals surface area (Å²) in [4.78, 5) is 18.3. The van der Waals surface area contributed by atoms with E-state index in [4.69, 9.17) is 9.72 Å². The fraction of sp³-hybridized carbons (Fsp3) is 0.452. The molecule has 4 aromatic rings. The maximum atomic E-state index is 16.4. The van der Waals surface area contributed by atoms with Gasteiger partial charge in [-0.15, -0.1) is 0 Å². The van der Waals surface area contributed by atoms with E-state index >= 15 is 4.39 Å². The third-order valence-electron chi connectivity index (χ3n) is 8.97. The van der Waals surface area contributed by atoms with Gasteiger partial charge in [-0.2, -0.15) is 9.97 Å². The molecule has 7 rings (SSSR count). The first-order valence-electron chi connectivity index (χ1n) is 14.3. The van der Waals surface area contributed by atoms with E-state index in [1.165, 1.54) is 6.07 Å². The minimum absolute atomic E-state index is 0.0171. The van der Waals surface area contributed by atoms with Crippen molar-refractivity contribution in [3.63, 3.8) is 0 Å². The first-order chi connectivity index (χ1) is 19.4. The van der Waals surface area contributed by atoms with Crippen molar-refractivity contribution in [1.82, 2.24) is 19.9 Å². The Morgan fingerprint density at radius 3 is 2.60 bits per heavy atom. The smallest absolute Gasteiger partial charge is 0.319 e. The number of benzene rings is 2. The van der Waals surface area contributed by atoms with E-state index < -0.39 is 17.7 Å². The summed E-state index contributed by atoms with van der Waals surface area (Å²) in [6.07, 6.45) is 6.16. The molecule has 0 aliphatic carbocycles. The van der Waals surface area contributed by atoms with Gasteiger partial charge in [0.25, 0.3) is 0 Å². The number of halogens is 2. The van der Waals surface area contributed by atoms with Gasteiger partial charge >= 0.3 is 6.01 Å². The molecule has 0 spiro atoms. The molecule has 2 atom stereocenters. The topological polar surface area (TPSA) is 74.6 Å². The molecule has 0 radical (unpaired) electrons. The molecule has 9 heteroatoms. The number of rotatable bonds is 5. The zero-order chi connectivity index (χ0) is 27.4. The molecule has 40 heavy (non-hydrogen) atoms. The van der Waals surface area contributed by atoms with Crippen LogP contribution in [0.15, 0.2) is 42.6 Å². The third-order valence-corrected chi connectivity index (χ3v) is 8.97. The van der Waals surface area contributed by atoms with Crippen molar-refractivity contribution in [3.8, 4) is 17.3 Å². The van der Waals surface area contributed by atoms with Gasteiger partial charge in [-0.1, -0.05) is 37.3 Å². The molecular formula is C31H33F2N5O2. The molecule has 2 unspecified atom stereocenters. The quantitative estimate of drug-likeness (QED) is 0.363. The highest BCUT2D eigenvalue weighted by molar-refractivity contribution is 5.99. The van der Waals surface area contributed by atoms with Crippen LogP contribution in [0, 0.1) is 17.6 Å². The van der Waals surface area contributed by atoms with Crippen molar-refractivity contribution >= 4 is 27.5 Å². The number of pyridine rings is 1. The number of hydrogen-bond donors (Lipinski definition) is 1. The van der Waals surface area contributed by atoms with Gasteiger partial charge in [-0.25, -0.2) is 8.78 Å². The lowest BCUT2D eigenvalue weighted by Crippen LogP contribution is -2.44. The standard InChI is InChI=1S/C31H33F2N5O2/c1-19-14-21(39)17-37(16-19)29-23-15-34-27(22-8-2-6-20-7-3-9-24(32)25(20)22)26(33)28(23)35-30(36-29)40-18-31-10-4-12-38(31)13-5-11-31/h2-3,6-9,15,19,21,39H,4-5,10-14,16-18H2,1H3. The lowest BCUT2D eigenvalue weighted by Gasteiger charge is -2.35. The maximum absolute atomic E-state index is 16.4. The lowest BCUT2D eigenvalue weighted by atomic mass is 9.95. The van der Waals surface area contributed by atoms with Gasteiger partial charge in [0.1, 0.15) is 29.5 Å². The number of aliphatic hydroxyl groups is 1. The third kappa shape index (κ3) is 4.27. The van der Waals surface area contributed by atoms with E-state index in [-0.39, 0.29) is 28.7 Å². The maximum Gasteiger partial charge on any atom is 0.319 e. The molecule has 2 aromatic carbocycles. The summed E-state index contributed by atoms with van der Waals surface area (Å²) in [5.74, 6) is -0.345. The van der Waals surface area contributed by atoms with Crippen molar-refractivity contribution < 1.29 is 18.6 Å². The minimum Gasteiger partial charge on any atom is -0.461 e. The Balaban J connectivity index is 1.36. The molecule has 3 aliphatic heterocycles. The van der Waals surface area contributed by atoms with E-state index in [1.54, 1.807) is 36.5 Å². The molecule has 0 saturated carbocycles. The lowest BCUT2D eigenvalue weighted by molar-refractivity contribution is 0.107. The molecule has 3 fully saturated rings. The summed E-state index contributed by atoms with van der Waals surface area (Å²) in [5, 5.41) is 12.0. The fourth-order valence-electron chi connectivity index (χ4n) is 7.16. The van der Waals surface area contributed by atoms with Crippen LogP contribution >= 0.6 is 0 Å². The van der Waals surface area contributed by atoms with E-state index in [0.29, 0.717) is 53.7 Å². The van der Waals surface area contributed by atoms with Crippen molar-refractivity contribution in [2.75, 3.05) is 37.7 Å². The SMILES string of the molecule is CC1CC(O)CN(c2nc(OCC34CCCN3CCC4)nc3c(F)c(-c4cccc5cccc(F)c45)ncc23)C1. The van der Waals surface area contributed by atoms with Crippen LogP contribution in [0.25, 0.3) is 32.9 Å². The van der Waals surface area contributed by atoms with Crippen LogP contribution in [0.2, 0.25) is 0 Å². The first kappa shape index (κ1) is 25.5. The molecular weight excluding hydrogens is 512 g/mol. The fourth-order valence-corrected chi connectivity index (χ4v) is 7.16. The van der Waals surface area contributed by atoms with Crippen molar-refractivity contribution in [1.29, 1.82) is 0 Å². The monoisotopic (exact) mass is 545 g/mol. The zero-order valence-corrected chi connectivity index (χ0v) is 22.6. The average molecular weight is 546 g/mol. The van der Waals surface area contributed by atoms with Gasteiger partial charge in [-0.3, -0.25) is 9.88 Å². The second kappa shape index (κ2) is 9.89. The van der Waals surface area contributed by atoms with Gasteiger partial charge in [0, 0.05) is 30.2 Å². The number of β-amino-alcohol motifs (C(OH)–C–C–N with tert-alkyl or cyclic N) is 1. The number of anilines is 1. The average Bonchev–Trinajstić information content (AvgIpc) is 3.52. The van der Waals surface area contributed by atoms with Crippen LogP contribution in [-0.4, -0.2) is 69.4 Å². The summed E-state index contributed by atoms with van der Waals surface area (Å²) < 4.78 is 37.7. The molecule has 208 valence electrons.